The summed E-state index contributed by atoms with van der Waals surface area (Å²) in [6.45, 7) is 10.4. The first-order chi connectivity index (χ1) is 9.79. The molecule has 0 aliphatic rings. The summed E-state index contributed by atoms with van der Waals surface area (Å²) in [5.74, 6) is 0.274. The fourth-order valence-electron chi connectivity index (χ4n) is 2.97. The van der Waals surface area contributed by atoms with Gasteiger partial charge >= 0.3 is 0 Å². The number of anilines is 1. The second-order valence-corrected chi connectivity index (χ2v) is 6.21. The summed E-state index contributed by atoms with van der Waals surface area (Å²) in [6, 6.07) is 6.46. The number of aryl methyl sites for hydroxylation is 2. The first-order valence-electron chi connectivity index (χ1n) is 7.38. The van der Waals surface area contributed by atoms with E-state index < -0.39 is 0 Å². The summed E-state index contributed by atoms with van der Waals surface area (Å²) in [5, 5.41) is 0. The van der Waals surface area contributed by atoms with Gasteiger partial charge in [-0.1, -0.05) is 43.2 Å². The van der Waals surface area contributed by atoms with Crippen molar-refractivity contribution in [3.63, 3.8) is 0 Å². The molecule has 0 fully saturated rings. The lowest BCUT2D eigenvalue weighted by Crippen LogP contribution is -2.20. The van der Waals surface area contributed by atoms with Crippen LogP contribution in [0.25, 0.3) is 0 Å². The van der Waals surface area contributed by atoms with Crippen molar-refractivity contribution in [1.82, 2.24) is 4.98 Å². The Morgan fingerprint density at radius 2 is 1.67 bits per heavy atom. The van der Waals surface area contributed by atoms with Gasteiger partial charge in [-0.25, -0.2) is 0 Å². The van der Waals surface area contributed by atoms with Gasteiger partial charge in [-0.2, -0.15) is 0 Å². The number of benzene rings is 1. The third-order valence-corrected chi connectivity index (χ3v) is 3.91. The van der Waals surface area contributed by atoms with Crippen LogP contribution >= 0.6 is 0 Å². The van der Waals surface area contributed by atoms with Crippen LogP contribution in [0.15, 0.2) is 23.0 Å². The molecule has 0 unspecified atom stereocenters. The van der Waals surface area contributed by atoms with Crippen LogP contribution in [0.5, 0.6) is 0 Å². The molecule has 0 aliphatic carbocycles. The molecule has 0 aliphatic heterocycles. The van der Waals surface area contributed by atoms with Gasteiger partial charge in [-0.05, 0) is 43.4 Å². The van der Waals surface area contributed by atoms with Crippen molar-refractivity contribution in [3.05, 3.63) is 62.1 Å². The Morgan fingerprint density at radius 3 is 2.19 bits per heavy atom. The molecular formula is C18H24N2O. The Bertz CT molecular complexity index is 706. The van der Waals surface area contributed by atoms with Crippen molar-refractivity contribution in [2.45, 2.75) is 47.0 Å². The minimum Gasteiger partial charge on any atom is -0.394 e. The average molecular weight is 284 g/mol. The summed E-state index contributed by atoms with van der Waals surface area (Å²) in [5.41, 5.74) is 12.9. The van der Waals surface area contributed by atoms with E-state index in [1.165, 1.54) is 16.7 Å². The number of hydrogen-bond acceptors (Lipinski definition) is 2. The van der Waals surface area contributed by atoms with E-state index in [-0.39, 0.29) is 11.5 Å². The number of aromatic nitrogens is 1. The summed E-state index contributed by atoms with van der Waals surface area (Å²) < 4.78 is 0. The molecule has 2 rings (SSSR count). The molecular weight excluding hydrogens is 260 g/mol. The van der Waals surface area contributed by atoms with E-state index >= 15 is 0 Å². The lowest BCUT2D eigenvalue weighted by molar-refractivity contribution is 0.799. The minimum absolute atomic E-state index is 0.177. The fourth-order valence-corrected chi connectivity index (χ4v) is 2.97. The maximum atomic E-state index is 12.1. The van der Waals surface area contributed by atoms with E-state index in [1.54, 1.807) is 0 Å². The van der Waals surface area contributed by atoms with E-state index in [2.05, 4.69) is 50.9 Å². The number of H-pyrrole nitrogens is 1. The average Bonchev–Trinajstić information content (AvgIpc) is 2.37. The molecule has 1 heterocycles. The molecule has 112 valence electrons. The fraction of sp³-hybridized carbons (Fsp3) is 0.389. The van der Waals surface area contributed by atoms with Crippen molar-refractivity contribution in [3.8, 4) is 0 Å². The zero-order valence-electron chi connectivity index (χ0n) is 13.5. The van der Waals surface area contributed by atoms with Crippen LogP contribution in [0, 0.1) is 20.8 Å². The molecule has 0 bridgehead atoms. The molecule has 3 nitrogen and oxygen atoms in total. The number of nitrogens with two attached hydrogens (primary N) is 1. The second-order valence-electron chi connectivity index (χ2n) is 6.21. The topological polar surface area (TPSA) is 58.9 Å². The number of hydrogen-bond donors (Lipinski definition) is 2. The van der Waals surface area contributed by atoms with Crippen molar-refractivity contribution >= 4 is 5.69 Å². The molecule has 0 saturated heterocycles. The Balaban J connectivity index is 2.55. The summed E-state index contributed by atoms with van der Waals surface area (Å²) in [6.07, 6.45) is 0.698. The number of aromatic amines is 1. The van der Waals surface area contributed by atoms with Gasteiger partial charge in [0.2, 0.25) is 0 Å². The Hall–Kier alpha value is -2.03. The van der Waals surface area contributed by atoms with Gasteiger partial charge < -0.3 is 10.7 Å². The number of nitrogen functional groups attached to an aromatic ring is 1. The minimum atomic E-state index is -0.177. The van der Waals surface area contributed by atoms with E-state index in [9.17, 15) is 4.79 Å². The third kappa shape index (κ3) is 3.18. The highest BCUT2D eigenvalue weighted by molar-refractivity contribution is 5.53. The SMILES string of the molecule is Cc1cc(C)cc(Cc2c(C)c(C(C)C)[nH]c(=O)c2N)c1. The molecule has 3 heteroatoms. The third-order valence-electron chi connectivity index (χ3n) is 3.91. The summed E-state index contributed by atoms with van der Waals surface area (Å²) in [7, 11) is 0. The largest absolute Gasteiger partial charge is 0.394 e. The van der Waals surface area contributed by atoms with Crippen molar-refractivity contribution in [2.75, 3.05) is 5.73 Å². The van der Waals surface area contributed by atoms with Crippen LogP contribution in [-0.4, -0.2) is 4.98 Å². The second kappa shape index (κ2) is 5.76. The monoisotopic (exact) mass is 284 g/mol. The zero-order chi connectivity index (χ0) is 15.7. The quantitative estimate of drug-likeness (QED) is 0.904. The molecule has 0 radical (unpaired) electrons. The van der Waals surface area contributed by atoms with Gasteiger partial charge in [-0.3, -0.25) is 4.79 Å². The Kier molecular flexibility index (Phi) is 4.21. The van der Waals surface area contributed by atoms with E-state index in [0.29, 0.717) is 12.1 Å². The van der Waals surface area contributed by atoms with Crippen LogP contribution in [0.3, 0.4) is 0 Å². The predicted molar refractivity (Wildman–Crippen MR) is 89.0 cm³/mol. The van der Waals surface area contributed by atoms with E-state index in [1.807, 2.05) is 6.92 Å². The van der Waals surface area contributed by atoms with Crippen molar-refractivity contribution in [1.29, 1.82) is 0 Å². The van der Waals surface area contributed by atoms with Crippen molar-refractivity contribution in [2.24, 2.45) is 0 Å². The van der Waals surface area contributed by atoms with Gasteiger partial charge in [-0.15, -0.1) is 0 Å². The van der Waals surface area contributed by atoms with Crippen LogP contribution in [0.2, 0.25) is 0 Å². The molecule has 3 N–H and O–H groups in total. The summed E-state index contributed by atoms with van der Waals surface area (Å²) >= 11 is 0. The molecule has 2 aromatic rings. The molecule has 0 saturated carbocycles. The highest BCUT2D eigenvalue weighted by atomic mass is 16.1. The highest BCUT2D eigenvalue weighted by Crippen LogP contribution is 2.24. The Morgan fingerprint density at radius 1 is 1.10 bits per heavy atom. The lowest BCUT2D eigenvalue weighted by atomic mass is 9.93. The molecule has 0 atom stereocenters. The first-order valence-corrected chi connectivity index (χ1v) is 7.38. The Labute approximate surface area is 126 Å². The van der Waals surface area contributed by atoms with Gasteiger partial charge in [0.05, 0.1) is 0 Å². The van der Waals surface area contributed by atoms with Gasteiger partial charge in [0.15, 0.2) is 0 Å². The normalized spacial score (nSPS) is 11.1. The van der Waals surface area contributed by atoms with Gasteiger partial charge in [0.1, 0.15) is 5.69 Å². The smallest absolute Gasteiger partial charge is 0.271 e. The maximum absolute atomic E-state index is 12.1. The number of nitrogens with one attached hydrogen (secondary N) is 1. The molecule has 0 spiro atoms. The predicted octanol–water partition coefficient (Wildman–Crippen LogP) is 3.60. The van der Waals surface area contributed by atoms with Crippen LogP contribution in [0.1, 0.15) is 53.3 Å². The summed E-state index contributed by atoms with van der Waals surface area (Å²) in [4.78, 5) is 15.0. The molecule has 1 aromatic heterocycles. The van der Waals surface area contributed by atoms with Crippen LogP contribution in [0.4, 0.5) is 5.69 Å². The molecule has 21 heavy (non-hydrogen) atoms. The lowest BCUT2D eigenvalue weighted by Gasteiger charge is -2.16. The van der Waals surface area contributed by atoms with Gasteiger partial charge in [0.25, 0.3) is 5.56 Å². The standard InChI is InChI=1S/C18H24N2O/c1-10(2)17-13(5)15(16(19)18(21)20-17)9-14-7-11(3)6-12(4)8-14/h6-8,10H,9,19H2,1-5H3,(H,20,21). The molecule has 0 amide bonds. The highest BCUT2D eigenvalue weighted by Gasteiger charge is 2.15. The van der Waals surface area contributed by atoms with E-state index in [4.69, 9.17) is 5.73 Å². The van der Waals surface area contributed by atoms with Crippen LogP contribution in [-0.2, 0) is 6.42 Å². The zero-order valence-corrected chi connectivity index (χ0v) is 13.5. The van der Waals surface area contributed by atoms with Gasteiger partial charge in [0, 0.05) is 12.1 Å². The number of rotatable bonds is 3. The maximum Gasteiger partial charge on any atom is 0.271 e. The van der Waals surface area contributed by atoms with Crippen LogP contribution < -0.4 is 11.3 Å². The first kappa shape index (κ1) is 15.4. The number of pyridine rings is 1. The van der Waals surface area contributed by atoms with Crippen molar-refractivity contribution < 1.29 is 0 Å². The van der Waals surface area contributed by atoms with E-state index in [0.717, 1.165) is 16.8 Å². The molecule has 1 aromatic carbocycles.